The lowest BCUT2D eigenvalue weighted by Crippen LogP contribution is -2.22. The van der Waals surface area contributed by atoms with Gasteiger partial charge in [-0.1, -0.05) is 0 Å². The van der Waals surface area contributed by atoms with Gasteiger partial charge in [0.05, 0.1) is 25.6 Å². The van der Waals surface area contributed by atoms with Crippen molar-refractivity contribution in [3.63, 3.8) is 0 Å². The van der Waals surface area contributed by atoms with Crippen molar-refractivity contribution in [3.05, 3.63) is 0 Å². The third-order valence-electron chi connectivity index (χ3n) is 2.02. The second kappa shape index (κ2) is 9.46. The maximum Gasteiger partial charge on any atom is 0.309 e. The van der Waals surface area contributed by atoms with Gasteiger partial charge in [-0.2, -0.15) is 0 Å². The minimum Gasteiger partial charge on any atom is -0.466 e. The first kappa shape index (κ1) is 15.2. The van der Waals surface area contributed by atoms with Crippen LogP contribution in [0.5, 0.6) is 0 Å². The number of alkyl halides is 1. The van der Waals surface area contributed by atoms with E-state index in [2.05, 4.69) is 0 Å². The molecule has 16 heavy (non-hydrogen) atoms. The molecule has 0 saturated heterocycles. The molecule has 0 radical (unpaired) electrons. The Bertz CT molecular complexity index is 218. The quantitative estimate of drug-likeness (QED) is 0.489. The van der Waals surface area contributed by atoms with Crippen LogP contribution in [-0.2, 0) is 19.1 Å². The molecule has 0 aromatic rings. The molecule has 0 aliphatic carbocycles. The standard InChI is InChI=1S/C11H19ClO4/c1-3-15-10(13)8-9(6-5-7-12)11(14)16-4-2/h9H,3-8H2,1-2H3. The Labute approximate surface area is 101 Å². The number of esters is 2. The molecule has 1 atom stereocenters. The fraction of sp³-hybridized carbons (Fsp3) is 0.818. The van der Waals surface area contributed by atoms with Gasteiger partial charge >= 0.3 is 11.9 Å². The van der Waals surface area contributed by atoms with E-state index in [4.69, 9.17) is 21.1 Å². The average molecular weight is 251 g/mol. The van der Waals surface area contributed by atoms with Crippen LogP contribution in [0.2, 0.25) is 0 Å². The van der Waals surface area contributed by atoms with Crippen molar-refractivity contribution in [3.8, 4) is 0 Å². The summed E-state index contributed by atoms with van der Waals surface area (Å²) in [6.07, 6.45) is 1.31. The summed E-state index contributed by atoms with van der Waals surface area (Å²) >= 11 is 5.56. The molecule has 4 nitrogen and oxygen atoms in total. The number of carbonyl (C=O) groups is 2. The van der Waals surface area contributed by atoms with Crippen LogP contribution < -0.4 is 0 Å². The second-order valence-corrected chi connectivity index (χ2v) is 3.67. The fourth-order valence-corrected chi connectivity index (χ4v) is 1.46. The lowest BCUT2D eigenvalue weighted by molar-refractivity contribution is -0.155. The molecule has 0 heterocycles. The summed E-state index contributed by atoms with van der Waals surface area (Å²) in [7, 11) is 0. The molecular weight excluding hydrogens is 232 g/mol. The van der Waals surface area contributed by atoms with E-state index in [-0.39, 0.29) is 18.4 Å². The third-order valence-corrected chi connectivity index (χ3v) is 2.29. The van der Waals surface area contributed by atoms with Crippen LogP contribution in [0.15, 0.2) is 0 Å². The summed E-state index contributed by atoms with van der Waals surface area (Å²) in [4.78, 5) is 22.8. The van der Waals surface area contributed by atoms with Gasteiger partial charge in [0.1, 0.15) is 0 Å². The molecule has 0 aromatic carbocycles. The summed E-state index contributed by atoms with van der Waals surface area (Å²) in [6, 6.07) is 0. The molecule has 0 spiro atoms. The molecular formula is C11H19ClO4. The average Bonchev–Trinajstić information content (AvgIpc) is 2.24. The lowest BCUT2D eigenvalue weighted by Gasteiger charge is -2.13. The first-order valence-electron chi connectivity index (χ1n) is 5.53. The zero-order valence-electron chi connectivity index (χ0n) is 9.83. The van der Waals surface area contributed by atoms with Gasteiger partial charge < -0.3 is 9.47 Å². The SMILES string of the molecule is CCOC(=O)CC(CCCCl)C(=O)OCC. The Morgan fingerprint density at radius 1 is 1.19 bits per heavy atom. The Kier molecular flexibility index (Phi) is 9.00. The summed E-state index contributed by atoms with van der Waals surface area (Å²) < 4.78 is 9.69. The zero-order valence-corrected chi connectivity index (χ0v) is 10.6. The number of hydrogen-bond acceptors (Lipinski definition) is 4. The number of ether oxygens (including phenoxy) is 2. The number of carbonyl (C=O) groups excluding carboxylic acids is 2. The predicted octanol–water partition coefficient (Wildman–Crippen LogP) is 2.14. The zero-order chi connectivity index (χ0) is 12.4. The topological polar surface area (TPSA) is 52.6 Å². The van der Waals surface area contributed by atoms with E-state index in [1.807, 2.05) is 0 Å². The van der Waals surface area contributed by atoms with Gasteiger partial charge in [-0.3, -0.25) is 9.59 Å². The van der Waals surface area contributed by atoms with Gasteiger partial charge in [0, 0.05) is 5.88 Å². The van der Waals surface area contributed by atoms with Gasteiger partial charge in [0.25, 0.3) is 0 Å². The van der Waals surface area contributed by atoms with Crippen LogP contribution in [0.4, 0.5) is 0 Å². The Morgan fingerprint density at radius 2 is 1.81 bits per heavy atom. The normalized spacial score (nSPS) is 11.9. The molecule has 0 aliphatic heterocycles. The van der Waals surface area contributed by atoms with Crippen molar-refractivity contribution in [1.82, 2.24) is 0 Å². The first-order chi connectivity index (χ1) is 7.65. The maximum absolute atomic E-state index is 11.5. The third kappa shape index (κ3) is 6.67. The molecule has 94 valence electrons. The van der Waals surface area contributed by atoms with Crippen molar-refractivity contribution in [2.45, 2.75) is 33.1 Å². The maximum atomic E-state index is 11.5. The summed E-state index contributed by atoms with van der Waals surface area (Å²) in [5.41, 5.74) is 0. The van der Waals surface area contributed by atoms with E-state index >= 15 is 0 Å². The van der Waals surface area contributed by atoms with E-state index in [1.54, 1.807) is 13.8 Å². The van der Waals surface area contributed by atoms with Gasteiger partial charge in [0.2, 0.25) is 0 Å². The Balaban J connectivity index is 4.18. The second-order valence-electron chi connectivity index (χ2n) is 3.29. The molecule has 0 N–H and O–H groups in total. The lowest BCUT2D eigenvalue weighted by atomic mass is 10.0. The van der Waals surface area contributed by atoms with Crippen molar-refractivity contribution < 1.29 is 19.1 Å². The van der Waals surface area contributed by atoms with E-state index in [9.17, 15) is 9.59 Å². The fourth-order valence-electron chi connectivity index (χ4n) is 1.31. The molecule has 0 aliphatic rings. The molecule has 0 rings (SSSR count). The molecule has 0 saturated carbocycles. The van der Waals surface area contributed by atoms with Crippen LogP contribution in [0.1, 0.15) is 33.1 Å². The minimum absolute atomic E-state index is 0.0730. The van der Waals surface area contributed by atoms with Gasteiger partial charge in [0.15, 0.2) is 0 Å². The monoisotopic (exact) mass is 250 g/mol. The van der Waals surface area contributed by atoms with E-state index in [0.717, 1.165) is 0 Å². The van der Waals surface area contributed by atoms with Gasteiger partial charge in [-0.05, 0) is 26.7 Å². The minimum atomic E-state index is -0.433. The summed E-state index contributed by atoms with van der Waals surface area (Å²) in [5.74, 6) is -0.674. The van der Waals surface area contributed by atoms with E-state index in [0.29, 0.717) is 31.9 Å². The van der Waals surface area contributed by atoms with Crippen molar-refractivity contribution in [1.29, 1.82) is 0 Å². The molecule has 0 amide bonds. The molecule has 0 fully saturated rings. The van der Waals surface area contributed by atoms with Crippen molar-refractivity contribution in [2.24, 2.45) is 5.92 Å². The number of halogens is 1. The van der Waals surface area contributed by atoms with Gasteiger partial charge in [-0.25, -0.2) is 0 Å². The highest BCUT2D eigenvalue weighted by atomic mass is 35.5. The van der Waals surface area contributed by atoms with Crippen LogP contribution in [-0.4, -0.2) is 31.0 Å². The predicted molar refractivity (Wildman–Crippen MR) is 61.3 cm³/mol. The molecule has 5 heteroatoms. The summed E-state index contributed by atoms with van der Waals surface area (Å²) in [6.45, 7) is 4.11. The van der Waals surface area contributed by atoms with Crippen molar-refractivity contribution >= 4 is 23.5 Å². The highest BCUT2D eigenvalue weighted by Crippen LogP contribution is 2.15. The van der Waals surface area contributed by atoms with E-state index < -0.39 is 5.92 Å². The summed E-state index contributed by atoms with van der Waals surface area (Å²) in [5, 5.41) is 0. The van der Waals surface area contributed by atoms with Crippen LogP contribution in [0, 0.1) is 5.92 Å². The van der Waals surface area contributed by atoms with Crippen molar-refractivity contribution in [2.75, 3.05) is 19.1 Å². The van der Waals surface area contributed by atoms with Crippen LogP contribution >= 0.6 is 11.6 Å². The molecule has 0 aromatic heterocycles. The number of hydrogen-bond donors (Lipinski definition) is 0. The number of rotatable bonds is 8. The molecule has 1 unspecified atom stereocenters. The van der Waals surface area contributed by atoms with Gasteiger partial charge in [-0.15, -0.1) is 11.6 Å². The largest absolute Gasteiger partial charge is 0.466 e. The Hall–Kier alpha value is -0.770. The first-order valence-corrected chi connectivity index (χ1v) is 6.07. The highest BCUT2D eigenvalue weighted by Gasteiger charge is 2.23. The van der Waals surface area contributed by atoms with Crippen LogP contribution in [0.25, 0.3) is 0 Å². The smallest absolute Gasteiger partial charge is 0.309 e. The van der Waals surface area contributed by atoms with Crippen LogP contribution in [0.3, 0.4) is 0 Å². The van der Waals surface area contributed by atoms with E-state index in [1.165, 1.54) is 0 Å². The molecule has 0 bridgehead atoms. The Morgan fingerprint density at radius 3 is 2.31 bits per heavy atom. The highest BCUT2D eigenvalue weighted by molar-refractivity contribution is 6.17.